The van der Waals surface area contributed by atoms with Gasteiger partial charge in [-0.1, -0.05) is 12.1 Å². The van der Waals surface area contributed by atoms with Crippen LogP contribution >= 0.6 is 0 Å². The molecular formula is C18H18FN2O2+. The van der Waals surface area contributed by atoms with Crippen LogP contribution in [0.1, 0.15) is 28.7 Å². The highest BCUT2D eigenvalue weighted by atomic mass is 19.1. The number of hydrogen-bond donors (Lipinski definition) is 1. The summed E-state index contributed by atoms with van der Waals surface area (Å²) < 4.78 is 17.8. The summed E-state index contributed by atoms with van der Waals surface area (Å²) in [5.41, 5.74) is 3.07. The average molecular weight is 313 g/mol. The Kier molecular flexibility index (Phi) is 3.86. The van der Waals surface area contributed by atoms with Crippen LogP contribution in [-0.2, 0) is 13.1 Å². The van der Waals surface area contributed by atoms with Gasteiger partial charge in [0.05, 0.1) is 12.1 Å². The molecule has 0 amide bonds. The summed E-state index contributed by atoms with van der Waals surface area (Å²) in [6.45, 7) is 5.44. The molecule has 0 atom stereocenters. The van der Waals surface area contributed by atoms with E-state index in [1.807, 2.05) is 6.92 Å². The van der Waals surface area contributed by atoms with Gasteiger partial charge in [0.2, 0.25) is 0 Å². The van der Waals surface area contributed by atoms with Crippen molar-refractivity contribution in [2.24, 2.45) is 0 Å². The summed E-state index contributed by atoms with van der Waals surface area (Å²) in [6.07, 6.45) is 0. The van der Waals surface area contributed by atoms with Crippen molar-refractivity contribution in [3.63, 3.8) is 0 Å². The monoisotopic (exact) mass is 313 g/mol. The number of fused-ring (bicyclic) bond motifs is 1. The molecule has 0 aliphatic rings. The van der Waals surface area contributed by atoms with E-state index in [-0.39, 0.29) is 11.4 Å². The minimum absolute atomic E-state index is 0.262. The molecule has 0 aliphatic carbocycles. The lowest BCUT2D eigenvalue weighted by Crippen LogP contribution is -2.35. The van der Waals surface area contributed by atoms with Crippen molar-refractivity contribution in [2.75, 3.05) is 0 Å². The van der Waals surface area contributed by atoms with E-state index in [0.717, 1.165) is 29.0 Å². The lowest BCUT2D eigenvalue weighted by Gasteiger charge is -2.02. The first-order chi connectivity index (χ1) is 11.0. The molecule has 4 nitrogen and oxygen atoms in total. The van der Waals surface area contributed by atoms with Crippen molar-refractivity contribution in [1.29, 1.82) is 0 Å². The largest absolute Gasteiger partial charge is 0.478 e. The molecule has 0 unspecified atom stereocenters. The number of carboxylic acids is 1. The first-order valence-electron chi connectivity index (χ1n) is 7.51. The Labute approximate surface area is 133 Å². The Morgan fingerprint density at radius 1 is 1.22 bits per heavy atom. The van der Waals surface area contributed by atoms with Crippen LogP contribution in [0.25, 0.3) is 11.0 Å². The molecule has 5 heteroatoms. The van der Waals surface area contributed by atoms with Crippen LogP contribution in [0.5, 0.6) is 0 Å². The third kappa shape index (κ3) is 2.70. The molecule has 0 spiro atoms. The van der Waals surface area contributed by atoms with E-state index in [1.165, 1.54) is 6.07 Å². The Hall–Kier alpha value is -2.69. The molecule has 3 aromatic rings. The molecule has 0 fully saturated rings. The molecule has 0 bridgehead atoms. The van der Waals surface area contributed by atoms with Crippen molar-refractivity contribution >= 4 is 17.0 Å². The normalized spacial score (nSPS) is 11.1. The maximum absolute atomic E-state index is 13.7. The number of aryl methyl sites for hydroxylation is 1. The quantitative estimate of drug-likeness (QED) is 0.752. The van der Waals surface area contributed by atoms with Crippen LogP contribution in [0.2, 0.25) is 0 Å². The molecule has 0 radical (unpaired) electrons. The second-order valence-electron chi connectivity index (χ2n) is 5.51. The molecule has 0 saturated heterocycles. The van der Waals surface area contributed by atoms with Crippen molar-refractivity contribution in [3.05, 3.63) is 65.2 Å². The fourth-order valence-electron chi connectivity index (χ4n) is 2.97. The van der Waals surface area contributed by atoms with E-state index in [2.05, 4.69) is 16.1 Å². The van der Waals surface area contributed by atoms with Gasteiger partial charge in [-0.15, -0.1) is 0 Å². The number of carboxylic acid groups (broad SMARTS) is 1. The lowest BCUT2D eigenvalue weighted by atomic mass is 10.1. The van der Waals surface area contributed by atoms with E-state index in [0.29, 0.717) is 6.54 Å². The number of halogens is 1. The van der Waals surface area contributed by atoms with Gasteiger partial charge >= 0.3 is 5.97 Å². The van der Waals surface area contributed by atoms with Crippen molar-refractivity contribution < 1.29 is 18.9 Å². The zero-order valence-electron chi connectivity index (χ0n) is 13.1. The summed E-state index contributed by atoms with van der Waals surface area (Å²) in [5, 5.41) is 8.97. The number of aromatic nitrogens is 2. The fraction of sp³-hybridized carbons (Fsp3) is 0.222. The summed E-state index contributed by atoms with van der Waals surface area (Å²) in [6, 6.07) is 11.6. The van der Waals surface area contributed by atoms with Gasteiger partial charge in [0.25, 0.3) is 5.82 Å². The maximum atomic E-state index is 13.7. The number of nitrogens with zero attached hydrogens (tertiary/aromatic N) is 2. The number of hydrogen-bond acceptors (Lipinski definition) is 1. The van der Waals surface area contributed by atoms with Crippen LogP contribution in [0.4, 0.5) is 4.39 Å². The minimum Gasteiger partial charge on any atom is -0.478 e. The van der Waals surface area contributed by atoms with Crippen LogP contribution < -0.4 is 4.57 Å². The third-order valence-corrected chi connectivity index (χ3v) is 4.16. The third-order valence-electron chi connectivity index (χ3n) is 4.16. The number of rotatable bonds is 4. The maximum Gasteiger partial charge on any atom is 0.335 e. The molecule has 23 heavy (non-hydrogen) atoms. The zero-order chi connectivity index (χ0) is 16.6. The average Bonchev–Trinajstić information content (AvgIpc) is 2.79. The summed E-state index contributed by atoms with van der Waals surface area (Å²) in [4.78, 5) is 10.9. The summed E-state index contributed by atoms with van der Waals surface area (Å²) in [5.74, 6) is -0.166. The first kappa shape index (κ1) is 15.2. The van der Waals surface area contributed by atoms with E-state index in [1.54, 1.807) is 36.4 Å². The van der Waals surface area contributed by atoms with E-state index >= 15 is 0 Å². The molecule has 0 saturated carbocycles. The van der Waals surface area contributed by atoms with Gasteiger partial charge in [0.1, 0.15) is 12.4 Å². The van der Waals surface area contributed by atoms with E-state index in [9.17, 15) is 9.18 Å². The second kappa shape index (κ2) is 5.83. The highest BCUT2D eigenvalue weighted by molar-refractivity contribution is 5.87. The van der Waals surface area contributed by atoms with Gasteiger partial charge in [-0.25, -0.2) is 18.3 Å². The summed E-state index contributed by atoms with van der Waals surface area (Å²) in [7, 11) is 0. The second-order valence-corrected chi connectivity index (χ2v) is 5.51. The number of imidazole rings is 1. The number of carbonyl (C=O) groups is 1. The molecule has 1 heterocycles. The molecular weight excluding hydrogens is 295 g/mol. The fourth-order valence-corrected chi connectivity index (χ4v) is 2.97. The molecule has 118 valence electrons. The molecule has 0 aliphatic heterocycles. The summed E-state index contributed by atoms with van der Waals surface area (Å²) >= 11 is 0. The minimum atomic E-state index is -0.940. The van der Waals surface area contributed by atoms with Gasteiger partial charge in [-0.2, -0.15) is 0 Å². The van der Waals surface area contributed by atoms with Gasteiger partial charge in [-0.3, -0.25) is 0 Å². The van der Waals surface area contributed by atoms with Gasteiger partial charge in [-0.05, 0) is 36.8 Å². The molecule has 1 aromatic heterocycles. The number of aromatic carboxylic acids is 1. The Balaban J connectivity index is 2.07. The van der Waals surface area contributed by atoms with E-state index in [4.69, 9.17) is 5.11 Å². The van der Waals surface area contributed by atoms with Crippen molar-refractivity contribution in [2.45, 2.75) is 26.9 Å². The van der Waals surface area contributed by atoms with Gasteiger partial charge in [0.15, 0.2) is 11.0 Å². The number of benzene rings is 2. The predicted molar refractivity (Wildman–Crippen MR) is 85.0 cm³/mol. The SMILES string of the molecule is CC[n+]1c(C)n(Cc2ccc(C(=O)O)cc2)c2cc(F)ccc21. The molecule has 1 N–H and O–H groups in total. The molecule has 3 rings (SSSR count). The Bertz CT molecular complexity index is 882. The lowest BCUT2D eigenvalue weighted by molar-refractivity contribution is -0.674. The van der Waals surface area contributed by atoms with Crippen molar-refractivity contribution in [3.8, 4) is 0 Å². The predicted octanol–water partition coefficient (Wildman–Crippen LogP) is 3.14. The first-order valence-corrected chi connectivity index (χ1v) is 7.51. The Morgan fingerprint density at radius 3 is 2.52 bits per heavy atom. The Morgan fingerprint density at radius 2 is 1.91 bits per heavy atom. The van der Waals surface area contributed by atoms with Gasteiger partial charge in [0, 0.05) is 13.0 Å². The van der Waals surface area contributed by atoms with Gasteiger partial charge < -0.3 is 5.11 Å². The van der Waals surface area contributed by atoms with Crippen LogP contribution in [0, 0.1) is 12.7 Å². The smallest absolute Gasteiger partial charge is 0.335 e. The molecule has 2 aromatic carbocycles. The van der Waals surface area contributed by atoms with Crippen LogP contribution in [-0.4, -0.2) is 15.6 Å². The topological polar surface area (TPSA) is 46.1 Å². The zero-order valence-corrected chi connectivity index (χ0v) is 13.1. The highest BCUT2D eigenvalue weighted by Gasteiger charge is 2.21. The van der Waals surface area contributed by atoms with Crippen LogP contribution in [0.15, 0.2) is 42.5 Å². The van der Waals surface area contributed by atoms with Crippen LogP contribution in [0.3, 0.4) is 0 Å². The van der Waals surface area contributed by atoms with Crippen molar-refractivity contribution in [1.82, 2.24) is 4.57 Å². The van der Waals surface area contributed by atoms with E-state index < -0.39 is 5.97 Å². The highest BCUT2D eigenvalue weighted by Crippen LogP contribution is 2.18. The standard InChI is InChI=1S/C18H17FN2O2/c1-3-20-12(2)21(17-10-15(19)8-9-16(17)20)11-13-4-6-14(7-5-13)18(22)23/h4-10H,3,11H2,1-2H3/p+1.